The molecule has 0 aliphatic heterocycles. The molecule has 6 nitrogen and oxygen atoms in total. The summed E-state index contributed by atoms with van der Waals surface area (Å²) in [5.41, 5.74) is 0.421. The van der Waals surface area contributed by atoms with Gasteiger partial charge in [-0.25, -0.2) is 4.79 Å². The van der Waals surface area contributed by atoms with E-state index in [1.807, 2.05) is 24.3 Å². The van der Waals surface area contributed by atoms with E-state index in [1.54, 1.807) is 27.9 Å². The summed E-state index contributed by atoms with van der Waals surface area (Å²) < 4.78 is 15.6. The second-order valence-electron chi connectivity index (χ2n) is 6.22. The highest BCUT2D eigenvalue weighted by Gasteiger charge is 2.19. The summed E-state index contributed by atoms with van der Waals surface area (Å²) >= 11 is 0. The first-order valence-corrected chi connectivity index (χ1v) is 7.65. The molecule has 6 heteroatoms. The summed E-state index contributed by atoms with van der Waals surface area (Å²) in [6, 6.07) is 7.12. The van der Waals surface area contributed by atoms with Crippen LogP contribution in [0.15, 0.2) is 24.3 Å². The number of hydrogen-bond acceptors (Lipinski definition) is 5. The fourth-order valence-corrected chi connectivity index (χ4v) is 1.88. The van der Waals surface area contributed by atoms with Crippen LogP contribution in [0.25, 0.3) is 0 Å². The zero-order valence-corrected chi connectivity index (χ0v) is 14.3. The topological polar surface area (TPSA) is 77.0 Å². The van der Waals surface area contributed by atoms with E-state index in [9.17, 15) is 9.90 Å². The molecular formula is C17H27NO5. The number of benzene rings is 1. The average Bonchev–Trinajstić information content (AvgIpc) is 2.46. The van der Waals surface area contributed by atoms with Gasteiger partial charge in [0, 0.05) is 7.11 Å². The van der Waals surface area contributed by atoms with Crippen LogP contribution in [-0.4, -0.2) is 49.8 Å². The van der Waals surface area contributed by atoms with Crippen LogP contribution in [0.2, 0.25) is 0 Å². The van der Waals surface area contributed by atoms with Crippen LogP contribution in [0, 0.1) is 0 Å². The first-order valence-electron chi connectivity index (χ1n) is 7.65. The molecule has 0 saturated carbocycles. The second-order valence-corrected chi connectivity index (χ2v) is 6.22. The highest BCUT2D eigenvalue weighted by molar-refractivity contribution is 5.68. The van der Waals surface area contributed by atoms with Crippen LogP contribution in [0.5, 0.6) is 5.75 Å². The van der Waals surface area contributed by atoms with Gasteiger partial charge in [-0.3, -0.25) is 0 Å². The molecule has 130 valence electrons. The molecule has 2 N–H and O–H groups in total. The van der Waals surface area contributed by atoms with E-state index in [4.69, 9.17) is 14.2 Å². The molecule has 23 heavy (non-hydrogen) atoms. The van der Waals surface area contributed by atoms with Crippen molar-refractivity contribution < 1.29 is 24.1 Å². The standard InChI is InChI=1S/C17H27NO5/c1-17(2,3)23-16(20)18-14(12-19)11-13-5-7-15(8-6-13)22-10-9-21-4/h5-8,14,19H,9-12H2,1-4H3,(H,18,20). The lowest BCUT2D eigenvalue weighted by Crippen LogP contribution is -2.42. The molecule has 0 radical (unpaired) electrons. The van der Waals surface area contributed by atoms with Crippen LogP contribution >= 0.6 is 0 Å². The predicted octanol–water partition coefficient (Wildman–Crippen LogP) is 2.14. The van der Waals surface area contributed by atoms with Gasteiger partial charge in [-0.15, -0.1) is 0 Å². The molecular weight excluding hydrogens is 298 g/mol. The third-order valence-corrected chi connectivity index (χ3v) is 2.90. The summed E-state index contributed by atoms with van der Waals surface area (Å²) in [6.07, 6.45) is -0.0234. The van der Waals surface area contributed by atoms with Crippen molar-refractivity contribution in [3.05, 3.63) is 29.8 Å². The summed E-state index contributed by atoms with van der Waals surface area (Å²) in [6.45, 7) is 6.25. The molecule has 0 heterocycles. The monoisotopic (exact) mass is 325 g/mol. The van der Waals surface area contributed by atoms with Crippen molar-refractivity contribution in [3.63, 3.8) is 0 Å². The Bertz CT molecular complexity index is 467. The number of aliphatic hydroxyl groups excluding tert-OH is 1. The summed E-state index contributed by atoms with van der Waals surface area (Å²) in [5, 5.41) is 12.1. The first-order chi connectivity index (χ1) is 10.8. The molecule has 0 aromatic heterocycles. The van der Waals surface area contributed by atoms with Gasteiger partial charge in [0.2, 0.25) is 0 Å². The Labute approximate surface area is 137 Å². The first kappa shape index (κ1) is 19.3. The summed E-state index contributed by atoms with van der Waals surface area (Å²) in [4.78, 5) is 11.7. The summed E-state index contributed by atoms with van der Waals surface area (Å²) in [5.74, 6) is 0.756. The van der Waals surface area contributed by atoms with E-state index in [-0.39, 0.29) is 6.61 Å². The van der Waals surface area contributed by atoms with Crippen molar-refractivity contribution in [2.24, 2.45) is 0 Å². The molecule has 1 rings (SSSR count). The van der Waals surface area contributed by atoms with Crippen LogP contribution in [-0.2, 0) is 15.9 Å². The smallest absolute Gasteiger partial charge is 0.407 e. The van der Waals surface area contributed by atoms with Crippen molar-refractivity contribution in [3.8, 4) is 5.75 Å². The third kappa shape index (κ3) is 8.42. The lowest BCUT2D eigenvalue weighted by Gasteiger charge is -2.22. The van der Waals surface area contributed by atoms with Crippen LogP contribution in [0.1, 0.15) is 26.3 Å². The lowest BCUT2D eigenvalue weighted by atomic mass is 10.1. The number of carbonyl (C=O) groups is 1. The number of hydrogen-bond donors (Lipinski definition) is 2. The fourth-order valence-electron chi connectivity index (χ4n) is 1.88. The fraction of sp³-hybridized carbons (Fsp3) is 0.588. The number of rotatable bonds is 8. The average molecular weight is 325 g/mol. The molecule has 0 bridgehead atoms. The maximum atomic E-state index is 11.7. The Morgan fingerprint density at radius 1 is 1.22 bits per heavy atom. The van der Waals surface area contributed by atoms with Crippen LogP contribution in [0.4, 0.5) is 4.79 Å². The van der Waals surface area contributed by atoms with Gasteiger partial charge in [-0.1, -0.05) is 12.1 Å². The van der Waals surface area contributed by atoms with E-state index >= 15 is 0 Å². The number of ether oxygens (including phenoxy) is 3. The number of aliphatic hydroxyl groups is 1. The van der Waals surface area contributed by atoms with Gasteiger partial charge in [-0.2, -0.15) is 0 Å². The molecule has 0 saturated heterocycles. The molecule has 1 unspecified atom stereocenters. The van der Waals surface area contributed by atoms with Gasteiger partial charge < -0.3 is 24.6 Å². The molecule has 1 amide bonds. The Morgan fingerprint density at radius 3 is 2.39 bits per heavy atom. The quantitative estimate of drug-likeness (QED) is 0.716. The minimum absolute atomic E-state index is 0.161. The van der Waals surface area contributed by atoms with Gasteiger partial charge in [0.05, 0.1) is 19.3 Å². The Morgan fingerprint density at radius 2 is 1.87 bits per heavy atom. The molecule has 1 aromatic rings. The SMILES string of the molecule is COCCOc1ccc(CC(CO)NC(=O)OC(C)(C)C)cc1. The number of amides is 1. The number of alkyl carbamates (subject to hydrolysis) is 1. The molecule has 1 aromatic carbocycles. The highest BCUT2D eigenvalue weighted by Crippen LogP contribution is 2.14. The van der Waals surface area contributed by atoms with Crippen molar-refractivity contribution in [1.29, 1.82) is 0 Å². The maximum absolute atomic E-state index is 11.7. The Kier molecular flexibility index (Phi) is 7.85. The van der Waals surface area contributed by atoms with Crippen molar-refractivity contribution in [2.75, 3.05) is 26.9 Å². The van der Waals surface area contributed by atoms with E-state index in [0.717, 1.165) is 11.3 Å². The zero-order valence-electron chi connectivity index (χ0n) is 14.3. The largest absolute Gasteiger partial charge is 0.491 e. The lowest BCUT2D eigenvalue weighted by molar-refractivity contribution is 0.0483. The normalized spacial score (nSPS) is 12.6. The van der Waals surface area contributed by atoms with Gasteiger partial charge in [0.25, 0.3) is 0 Å². The van der Waals surface area contributed by atoms with Gasteiger partial charge in [0.1, 0.15) is 18.0 Å². The van der Waals surface area contributed by atoms with Crippen molar-refractivity contribution >= 4 is 6.09 Å². The Balaban J connectivity index is 2.50. The van der Waals surface area contributed by atoms with Crippen molar-refractivity contribution in [2.45, 2.75) is 38.8 Å². The molecule has 1 atom stereocenters. The summed E-state index contributed by atoms with van der Waals surface area (Å²) in [7, 11) is 1.62. The molecule has 0 aliphatic rings. The van der Waals surface area contributed by atoms with Gasteiger partial charge in [-0.05, 0) is 44.9 Å². The van der Waals surface area contributed by atoms with E-state index in [1.165, 1.54) is 0 Å². The minimum atomic E-state index is -0.564. The maximum Gasteiger partial charge on any atom is 0.407 e. The number of carbonyl (C=O) groups excluding carboxylic acids is 1. The van der Waals surface area contributed by atoms with E-state index < -0.39 is 17.7 Å². The second kappa shape index (κ2) is 9.37. The van der Waals surface area contributed by atoms with Crippen LogP contribution in [0.3, 0.4) is 0 Å². The van der Waals surface area contributed by atoms with Gasteiger partial charge >= 0.3 is 6.09 Å². The van der Waals surface area contributed by atoms with Gasteiger partial charge in [0.15, 0.2) is 0 Å². The molecule has 0 spiro atoms. The predicted molar refractivity (Wildman–Crippen MR) is 87.8 cm³/mol. The molecule has 0 aliphatic carbocycles. The van der Waals surface area contributed by atoms with Crippen molar-refractivity contribution in [1.82, 2.24) is 5.32 Å². The zero-order chi connectivity index (χ0) is 17.3. The number of methoxy groups -OCH3 is 1. The van der Waals surface area contributed by atoms with Crippen LogP contribution < -0.4 is 10.1 Å². The van der Waals surface area contributed by atoms with E-state index in [2.05, 4.69) is 5.32 Å². The third-order valence-electron chi connectivity index (χ3n) is 2.90. The minimum Gasteiger partial charge on any atom is -0.491 e. The van der Waals surface area contributed by atoms with E-state index in [0.29, 0.717) is 19.6 Å². The Hall–Kier alpha value is -1.79. The molecule has 0 fully saturated rings. The number of nitrogens with one attached hydrogen (secondary N) is 1. The highest BCUT2D eigenvalue weighted by atomic mass is 16.6.